The maximum absolute atomic E-state index is 11.3. The Hall–Kier alpha value is -1.36. The van der Waals surface area contributed by atoms with Crippen molar-refractivity contribution >= 4 is 5.91 Å². The smallest absolute Gasteiger partial charge is 0.256 e. The Morgan fingerprint density at radius 1 is 1.77 bits per heavy atom. The van der Waals surface area contributed by atoms with E-state index < -0.39 is 5.54 Å². The van der Waals surface area contributed by atoms with Crippen LogP contribution >= 0.6 is 0 Å². The van der Waals surface area contributed by atoms with E-state index in [-0.39, 0.29) is 5.91 Å². The number of amides is 1. The van der Waals surface area contributed by atoms with Crippen LogP contribution in [0.2, 0.25) is 0 Å². The van der Waals surface area contributed by atoms with Crippen molar-refractivity contribution in [1.29, 1.82) is 0 Å². The van der Waals surface area contributed by atoms with Crippen LogP contribution in [-0.2, 0) is 0 Å². The highest BCUT2D eigenvalue weighted by molar-refractivity contribution is 5.93. The maximum Gasteiger partial charge on any atom is 0.256 e. The van der Waals surface area contributed by atoms with Gasteiger partial charge in [-0.15, -0.1) is 0 Å². The van der Waals surface area contributed by atoms with Crippen LogP contribution in [0.5, 0.6) is 0 Å². The van der Waals surface area contributed by atoms with E-state index in [1.54, 1.807) is 0 Å². The van der Waals surface area contributed by atoms with E-state index in [9.17, 15) is 4.79 Å². The topological polar surface area (TPSA) is 81.1 Å². The van der Waals surface area contributed by atoms with E-state index >= 15 is 0 Å². The lowest BCUT2D eigenvalue weighted by Gasteiger charge is -2.18. The van der Waals surface area contributed by atoms with Gasteiger partial charge >= 0.3 is 0 Å². The van der Waals surface area contributed by atoms with Crippen LogP contribution in [-0.4, -0.2) is 23.1 Å². The van der Waals surface area contributed by atoms with Gasteiger partial charge < -0.3 is 15.6 Å². The van der Waals surface area contributed by atoms with Crippen LogP contribution in [0.15, 0.2) is 17.0 Å². The van der Waals surface area contributed by atoms with Crippen molar-refractivity contribution in [1.82, 2.24) is 10.5 Å². The SMILES string of the molecule is CC(C)(N)CNC(=O)c1cnoc1. The number of rotatable bonds is 3. The quantitative estimate of drug-likeness (QED) is 0.698. The second-order valence-corrected chi connectivity index (χ2v) is 3.58. The van der Waals surface area contributed by atoms with Gasteiger partial charge in [-0.2, -0.15) is 0 Å². The summed E-state index contributed by atoms with van der Waals surface area (Å²) in [6, 6.07) is 0. The summed E-state index contributed by atoms with van der Waals surface area (Å²) < 4.78 is 4.53. The Morgan fingerprint density at radius 3 is 2.92 bits per heavy atom. The molecule has 5 heteroatoms. The number of carbonyl (C=O) groups excluding carboxylic acids is 1. The molecule has 0 aliphatic heterocycles. The molecule has 0 aliphatic carbocycles. The van der Waals surface area contributed by atoms with Gasteiger partial charge in [0.1, 0.15) is 6.26 Å². The molecule has 72 valence electrons. The molecule has 0 radical (unpaired) electrons. The Balaban J connectivity index is 2.44. The van der Waals surface area contributed by atoms with Gasteiger partial charge in [-0.3, -0.25) is 4.79 Å². The fourth-order valence-corrected chi connectivity index (χ4v) is 0.727. The molecule has 1 aromatic heterocycles. The van der Waals surface area contributed by atoms with E-state index in [2.05, 4.69) is 15.0 Å². The molecule has 1 rings (SSSR count). The molecule has 5 nitrogen and oxygen atoms in total. The number of nitrogens with one attached hydrogen (secondary N) is 1. The first-order valence-electron chi connectivity index (χ1n) is 3.95. The average molecular weight is 183 g/mol. The Morgan fingerprint density at radius 2 is 2.46 bits per heavy atom. The molecule has 13 heavy (non-hydrogen) atoms. The predicted octanol–water partition coefficient (Wildman–Crippen LogP) is 0.142. The molecule has 0 bridgehead atoms. The van der Waals surface area contributed by atoms with Gasteiger partial charge in [0.2, 0.25) is 0 Å². The molecule has 0 atom stereocenters. The lowest BCUT2D eigenvalue weighted by Crippen LogP contribution is -2.45. The number of carbonyl (C=O) groups is 1. The van der Waals surface area contributed by atoms with Crippen LogP contribution in [0.4, 0.5) is 0 Å². The van der Waals surface area contributed by atoms with Gasteiger partial charge in [-0.25, -0.2) is 0 Å². The van der Waals surface area contributed by atoms with E-state index in [0.717, 1.165) is 0 Å². The highest BCUT2D eigenvalue weighted by Crippen LogP contribution is 1.98. The third kappa shape index (κ3) is 3.25. The predicted molar refractivity (Wildman–Crippen MR) is 47.1 cm³/mol. The lowest BCUT2D eigenvalue weighted by atomic mass is 10.1. The number of nitrogens with two attached hydrogens (primary N) is 1. The van der Waals surface area contributed by atoms with Gasteiger partial charge in [0.05, 0.1) is 11.8 Å². The van der Waals surface area contributed by atoms with Crippen molar-refractivity contribution in [3.05, 3.63) is 18.0 Å². The molecule has 1 amide bonds. The summed E-state index contributed by atoms with van der Waals surface area (Å²) in [5, 5.41) is 6.08. The van der Waals surface area contributed by atoms with Crippen molar-refractivity contribution in [3.63, 3.8) is 0 Å². The minimum atomic E-state index is -0.410. The fraction of sp³-hybridized carbons (Fsp3) is 0.500. The molecule has 0 saturated heterocycles. The van der Waals surface area contributed by atoms with Crippen molar-refractivity contribution in [3.8, 4) is 0 Å². The minimum Gasteiger partial charge on any atom is -0.364 e. The van der Waals surface area contributed by atoms with Crippen LogP contribution in [0.3, 0.4) is 0 Å². The summed E-state index contributed by atoms with van der Waals surface area (Å²) in [6.07, 6.45) is 2.65. The van der Waals surface area contributed by atoms with E-state index in [1.807, 2.05) is 13.8 Å². The molecule has 1 aromatic rings. The third-order valence-electron chi connectivity index (χ3n) is 1.40. The third-order valence-corrected chi connectivity index (χ3v) is 1.40. The Kier molecular flexibility index (Phi) is 2.67. The van der Waals surface area contributed by atoms with E-state index in [1.165, 1.54) is 12.5 Å². The maximum atomic E-state index is 11.3. The summed E-state index contributed by atoms with van der Waals surface area (Å²) in [4.78, 5) is 11.3. The molecule has 3 N–H and O–H groups in total. The van der Waals surface area contributed by atoms with Crippen molar-refractivity contribution in [2.45, 2.75) is 19.4 Å². The molecular formula is C8H13N3O2. The molecule has 0 fully saturated rings. The van der Waals surface area contributed by atoms with Gasteiger partial charge in [0, 0.05) is 12.1 Å². The highest BCUT2D eigenvalue weighted by atomic mass is 16.5. The summed E-state index contributed by atoms with van der Waals surface area (Å²) in [5.74, 6) is -0.222. The first kappa shape index (κ1) is 9.73. The first-order chi connectivity index (χ1) is 5.99. The summed E-state index contributed by atoms with van der Waals surface area (Å²) in [7, 11) is 0. The summed E-state index contributed by atoms with van der Waals surface area (Å²) in [5.41, 5.74) is 5.68. The summed E-state index contributed by atoms with van der Waals surface area (Å²) in [6.45, 7) is 4.08. The van der Waals surface area contributed by atoms with Gasteiger partial charge in [-0.1, -0.05) is 5.16 Å². The zero-order valence-electron chi connectivity index (χ0n) is 7.70. The highest BCUT2D eigenvalue weighted by Gasteiger charge is 2.13. The van der Waals surface area contributed by atoms with Crippen molar-refractivity contribution < 1.29 is 9.32 Å². The van der Waals surface area contributed by atoms with Gasteiger partial charge in [-0.05, 0) is 13.8 Å². The molecule has 0 aromatic carbocycles. The first-order valence-corrected chi connectivity index (χ1v) is 3.95. The summed E-state index contributed by atoms with van der Waals surface area (Å²) >= 11 is 0. The molecule has 0 aliphatic rings. The Labute approximate surface area is 76.3 Å². The zero-order chi connectivity index (χ0) is 9.90. The molecule has 1 heterocycles. The largest absolute Gasteiger partial charge is 0.364 e. The monoisotopic (exact) mass is 183 g/mol. The molecule has 0 saturated carbocycles. The van der Waals surface area contributed by atoms with Crippen LogP contribution in [0.1, 0.15) is 24.2 Å². The molecule has 0 unspecified atom stereocenters. The molecular weight excluding hydrogens is 170 g/mol. The average Bonchev–Trinajstić information content (AvgIpc) is 2.50. The van der Waals surface area contributed by atoms with Gasteiger partial charge in [0.25, 0.3) is 5.91 Å². The van der Waals surface area contributed by atoms with Crippen molar-refractivity contribution in [2.75, 3.05) is 6.54 Å². The number of hydrogen-bond acceptors (Lipinski definition) is 4. The lowest BCUT2D eigenvalue weighted by molar-refractivity contribution is 0.0945. The van der Waals surface area contributed by atoms with E-state index in [4.69, 9.17) is 5.73 Å². The molecule has 0 spiro atoms. The zero-order valence-corrected chi connectivity index (χ0v) is 7.70. The number of nitrogens with zero attached hydrogens (tertiary/aromatic N) is 1. The van der Waals surface area contributed by atoms with Crippen molar-refractivity contribution in [2.24, 2.45) is 5.73 Å². The Bertz CT molecular complexity index is 274. The standard InChI is InChI=1S/C8H13N3O2/c1-8(2,9)5-10-7(12)6-3-11-13-4-6/h3-4H,5,9H2,1-2H3,(H,10,12). The second kappa shape index (κ2) is 3.57. The van der Waals surface area contributed by atoms with Crippen LogP contribution in [0.25, 0.3) is 0 Å². The second-order valence-electron chi connectivity index (χ2n) is 3.58. The minimum absolute atomic E-state index is 0.222. The normalized spacial score (nSPS) is 11.3. The fourth-order valence-electron chi connectivity index (χ4n) is 0.727. The van der Waals surface area contributed by atoms with E-state index in [0.29, 0.717) is 12.1 Å². The number of aromatic nitrogens is 1. The van der Waals surface area contributed by atoms with Crippen LogP contribution in [0, 0.1) is 0 Å². The number of hydrogen-bond donors (Lipinski definition) is 2. The van der Waals surface area contributed by atoms with Gasteiger partial charge in [0.15, 0.2) is 0 Å². The van der Waals surface area contributed by atoms with Crippen LogP contribution < -0.4 is 11.1 Å².